The molecule has 4 rings (SSSR count). The van der Waals surface area contributed by atoms with E-state index in [0.717, 1.165) is 0 Å². The van der Waals surface area contributed by atoms with Crippen molar-refractivity contribution in [3.8, 4) is 11.1 Å². The minimum atomic E-state index is -1.03. The summed E-state index contributed by atoms with van der Waals surface area (Å²) in [6.07, 6.45) is -0.331. The molecule has 0 bridgehead atoms. The van der Waals surface area contributed by atoms with Crippen LogP contribution in [0.5, 0.6) is 0 Å². The van der Waals surface area contributed by atoms with Gasteiger partial charge in [-0.25, -0.2) is 4.79 Å². The van der Waals surface area contributed by atoms with Gasteiger partial charge < -0.3 is 4.74 Å². The van der Waals surface area contributed by atoms with Gasteiger partial charge >= 0.3 is 6.16 Å². The van der Waals surface area contributed by atoms with E-state index in [9.17, 15) is 14.4 Å². The Morgan fingerprint density at radius 3 is 2.04 bits per heavy atom. The number of amides is 2. The number of hydrogen-bond acceptors (Lipinski definition) is 5. The summed E-state index contributed by atoms with van der Waals surface area (Å²) in [6, 6.07) is 16.4. The molecule has 2 aliphatic rings. The molecule has 2 aromatic rings. The molecule has 0 N–H and O–H groups in total. The quantitative estimate of drug-likeness (QED) is 0.623. The average molecular weight is 351 g/mol. The molecule has 0 spiro atoms. The highest BCUT2D eigenvalue weighted by molar-refractivity contribution is 6.01. The van der Waals surface area contributed by atoms with Gasteiger partial charge in [-0.15, -0.1) is 0 Å². The average Bonchev–Trinajstić information content (AvgIpc) is 3.14. The molecular formula is C20H17NO5. The SMILES string of the molecule is O=C(OCCC1c2ccccc2-c2ccccc21)ON1C(=O)CCC1=O. The van der Waals surface area contributed by atoms with Gasteiger partial charge in [0.05, 0.1) is 6.61 Å². The third kappa shape index (κ3) is 2.83. The molecular weight excluding hydrogens is 334 g/mol. The van der Waals surface area contributed by atoms with Gasteiger partial charge in [0, 0.05) is 18.8 Å². The first-order valence-corrected chi connectivity index (χ1v) is 8.54. The van der Waals surface area contributed by atoms with E-state index in [1.807, 2.05) is 24.3 Å². The zero-order valence-corrected chi connectivity index (χ0v) is 14.0. The highest BCUT2D eigenvalue weighted by atomic mass is 16.8. The molecule has 26 heavy (non-hydrogen) atoms. The first-order chi connectivity index (χ1) is 12.6. The van der Waals surface area contributed by atoms with Crippen LogP contribution in [0.4, 0.5) is 4.79 Å². The number of fused-ring (bicyclic) bond motifs is 3. The summed E-state index contributed by atoms with van der Waals surface area (Å²) in [5, 5.41) is 0.489. The first kappa shape index (κ1) is 16.3. The summed E-state index contributed by atoms with van der Waals surface area (Å²) < 4.78 is 5.09. The van der Waals surface area contributed by atoms with Crippen molar-refractivity contribution in [1.29, 1.82) is 0 Å². The molecule has 0 radical (unpaired) electrons. The maximum Gasteiger partial charge on any atom is 0.533 e. The molecule has 2 aromatic carbocycles. The lowest BCUT2D eigenvalue weighted by Gasteiger charge is -2.15. The van der Waals surface area contributed by atoms with E-state index in [1.165, 1.54) is 22.3 Å². The lowest BCUT2D eigenvalue weighted by Crippen LogP contribution is -2.32. The van der Waals surface area contributed by atoms with Crippen molar-refractivity contribution in [1.82, 2.24) is 5.06 Å². The van der Waals surface area contributed by atoms with E-state index < -0.39 is 18.0 Å². The molecule has 1 heterocycles. The fourth-order valence-electron chi connectivity index (χ4n) is 3.59. The van der Waals surface area contributed by atoms with Gasteiger partial charge in [-0.1, -0.05) is 53.6 Å². The Labute approximate surface area is 150 Å². The summed E-state index contributed by atoms with van der Waals surface area (Å²) >= 11 is 0. The van der Waals surface area contributed by atoms with Crippen LogP contribution in [0, 0.1) is 0 Å². The Morgan fingerprint density at radius 1 is 0.923 bits per heavy atom. The number of hydroxylamine groups is 2. The minimum Gasteiger partial charge on any atom is -0.433 e. The molecule has 1 aliphatic heterocycles. The van der Waals surface area contributed by atoms with E-state index in [0.29, 0.717) is 11.5 Å². The Morgan fingerprint density at radius 2 is 1.46 bits per heavy atom. The van der Waals surface area contributed by atoms with E-state index in [1.54, 1.807) is 0 Å². The summed E-state index contributed by atoms with van der Waals surface area (Å²) in [4.78, 5) is 39.4. The zero-order chi connectivity index (χ0) is 18.1. The lowest BCUT2D eigenvalue weighted by molar-refractivity contribution is -0.177. The van der Waals surface area contributed by atoms with Crippen molar-refractivity contribution in [3.63, 3.8) is 0 Å². The smallest absolute Gasteiger partial charge is 0.433 e. The Balaban J connectivity index is 1.40. The van der Waals surface area contributed by atoms with Gasteiger partial charge in [0.25, 0.3) is 11.8 Å². The second kappa shape index (κ2) is 6.63. The monoisotopic (exact) mass is 351 g/mol. The fourth-order valence-corrected chi connectivity index (χ4v) is 3.59. The van der Waals surface area contributed by atoms with E-state index >= 15 is 0 Å². The van der Waals surface area contributed by atoms with E-state index in [-0.39, 0.29) is 25.4 Å². The largest absolute Gasteiger partial charge is 0.533 e. The van der Waals surface area contributed by atoms with Gasteiger partial charge in [0.15, 0.2) is 0 Å². The number of benzene rings is 2. The highest BCUT2D eigenvalue weighted by Crippen LogP contribution is 2.45. The van der Waals surface area contributed by atoms with Gasteiger partial charge in [-0.2, -0.15) is 0 Å². The van der Waals surface area contributed by atoms with Crippen LogP contribution in [0.1, 0.15) is 36.3 Å². The number of hydrogen-bond donors (Lipinski definition) is 0. The molecule has 0 saturated carbocycles. The van der Waals surface area contributed by atoms with Crippen molar-refractivity contribution in [2.75, 3.05) is 6.61 Å². The van der Waals surface area contributed by atoms with Crippen LogP contribution in [0.3, 0.4) is 0 Å². The lowest BCUT2D eigenvalue weighted by atomic mass is 9.94. The molecule has 6 nitrogen and oxygen atoms in total. The third-order valence-corrected chi connectivity index (χ3v) is 4.76. The van der Waals surface area contributed by atoms with Gasteiger partial charge in [0.2, 0.25) is 0 Å². The molecule has 0 unspecified atom stereocenters. The second-order valence-electron chi connectivity index (χ2n) is 6.29. The van der Waals surface area contributed by atoms with Gasteiger partial charge in [0.1, 0.15) is 0 Å². The second-order valence-corrected chi connectivity index (χ2v) is 6.29. The predicted octanol–water partition coefficient (Wildman–Crippen LogP) is 3.41. The molecule has 6 heteroatoms. The molecule has 1 saturated heterocycles. The van der Waals surface area contributed by atoms with Crippen LogP contribution in [0.15, 0.2) is 48.5 Å². The third-order valence-electron chi connectivity index (χ3n) is 4.76. The summed E-state index contributed by atoms with van der Waals surface area (Å²) in [7, 11) is 0. The fraction of sp³-hybridized carbons (Fsp3) is 0.250. The van der Waals surface area contributed by atoms with Crippen LogP contribution in [-0.2, 0) is 19.2 Å². The summed E-state index contributed by atoms with van der Waals surface area (Å²) in [6.45, 7) is 0.127. The number of carbonyl (C=O) groups is 3. The molecule has 132 valence electrons. The zero-order valence-electron chi connectivity index (χ0n) is 14.0. The van der Waals surface area contributed by atoms with Crippen LogP contribution in [0.25, 0.3) is 11.1 Å². The number of ether oxygens (including phenoxy) is 1. The van der Waals surface area contributed by atoms with Crippen LogP contribution < -0.4 is 0 Å². The molecule has 0 aromatic heterocycles. The van der Waals surface area contributed by atoms with E-state index in [2.05, 4.69) is 24.3 Å². The van der Waals surface area contributed by atoms with Crippen LogP contribution in [0.2, 0.25) is 0 Å². The van der Waals surface area contributed by atoms with Gasteiger partial charge in [-0.3, -0.25) is 14.4 Å². The molecule has 2 amide bonds. The number of nitrogens with zero attached hydrogens (tertiary/aromatic N) is 1. The van der Waals surface area contributed by atoms with Crippen molar-refractivity contribution in [3.05, 3.63) is 59.7 Å². The Bertz CT molecular complexity index is 830. The minimum absolute atomic E-state index is 0.0573. The Kier molecular flexibility index (Phi) is 4.16. The maximum absolute atomic E-state index is 11.8. The molecule has 1 aliphatic carbocycles. The highest BCUT2D eigenvalue weighted by Gasteiger charge is 2.33. The van der Waals surface area contributed by atoms with Crippen LogP contribution in [-0.4, -0.2) is 29.6 Å². The van der Waals surface area contributed by atoms with Crippen molar-refractivity contribution in [2.45, 2.75) is 25.2 Å². The topological polar surface area (TPSA) is 72.9 Å². The standard InChI is InChI=1S/C20H17NO5/c22-18-9-10-19(23)21(18)26-20(24)25-12-11-17-15-7-3-1-5-13(15)14-6-2-4-8-16(14)17/h1-8,17H,9-12H2. The summed E-state index contributed by atoms with van der Waals surface area (Å²) in [5.41, 5.74) is 4.80. The van der Waals surface area contributed by atoms with Crippen molar-refractivity contribution < 1.29 is 24.0 Å². The molecule has 1 fully saturated rings. The molecule has 0 atom stereocenters. The van der Waals surface area contributed by atoms with Crippen molar-refractivity contribution in [2.24, 2.45) is 0 Å². The number of carbonyl (C=O) groups excluding carboxylic acids is 3. The normalized spacial score (nSPS) is 15.8. The maximum atomic E-state index is 11.8. The van der Waals surface area contributed by atoms with Crippen molar-refractivity contribution >= 4 is 18.0 Å². The first-order valence-electron chi connectivity index (χ1n) is 8.54. The van der Waals surface area contributed by atoms with Crippen LogP contribution >= 0.6 is 0 Å². The van der Waals surface area contributed by atoms with Gasteiger partial charge in [-0.05, 0) is 28.7 Å². The number of rotatable bonds is 4. The summed E-state index contributed by atoms with van der Waals surface area (Å²) in [5.74, 6) is -0.915. The predicted molar refractivity (Wildman–Crippen MR) is 91.9 cm³/mol. The van der Waals surface area contributed by atoms with E-state index in [4.69, 9.17) is 9.57 Å². The number of imide groups is 1. The Hall–Kier alpha value is -3.15.